The number of benzene rings is 1. The lowest BCUT2D eigenvalue weighted by Crippen LogP contribution is -2.31. The maximum atomic E-state index is 13.2. The van der Waals surface area contributed by atoms with Gasteiger partial charge in [0.05, 0.1) is 23.4 Å². The van der Waals surface area contributed by atoms with Gasteiger partial charge in [0.15, 0.2) is 0 Å². The fourth-order valence-corrected chi connectivity index (χ4v) is 5.27. The number of hydrogen-bond donors (Lipinski definition) is 1. The van der Waals surface area contributed by atoms with Gasteiger partial charge in [0.1, 0.15) is 5.76 Å². The standard InChI is InChI=1S/C19H24N2O4S2/c1-3-4-9-21(12-15-6-5-10-25-15)27(23,24)16-7-8-18-17(11-16)20-19(22)14(2)13-26-18/h5-8,10-11,14H,3-4,9,12-13H2,1-2H3,(H,20,22)/t14-/m0/s1. The minimum atomic E-state index is -3.71. The summed E-state index contributed by atoms with van der Waals surface area (Å²) in [5.74, 6) is 1.06. The monoisotopic (exact) mass is 408 g/mol. The highest BCUT2D eigenvalue weighted by atomic mass is 32.2. The Balaban J connectivity index is 1.92. The van der Waals surface area contributed by atoms with E-state index in [4.69, 9.17) is 4.42 Å². The van der Waals surface area contributed by atoms with E-state index in [1.165, 1.54) is 10.6 Å². The van der Waals surface area contributed by atoms with Gasteiger partial charge in [-0.1, -0.05) is 20.3 Å². The molecule has 0 fully saturated rings. The molecule has 146 valence electrons. The summed E-state index contributed by atoms with van der Waals surface area (Å²) in [7, 11) is -3.71. The maximum Gasteiger partial charge on any atom is 0.243 e. The lowest BCUT2D eigenvalue weighted by Gasteiger charge is -2.22. The summed E-state index contributed by atoms with van der Waals surface area (Å²) >= 11 is 1.56. The average molecular weight is 409 g/mol. The Labute approximate surface area is 164 Å². The van der Waals surface area contributed by atoms with E-state index in [1.807, 2.05) is 13.8 Å². The summed E-state index contributed by atoms with van der Waals surface area (Å²) in [6.07, 6.45) is 3.18. The molecule has 0 radical (unpaired) electrons. The van der Waals surface area contributed by atoms with Crippen molar-refractivity contribution in [3.63, 3.8) is 0 Å². The van der Waals surface area contributed by atoms with E-state index in [0.29, 0.717) is 23.7 Å². The van der Waals surface area contributed by atoms with Crippen LogP contribution in [0.2, 0.25) is 0 Å². The van der Waals surface area contributed by atoms with Gasteiger partial charge in [-0.2, -0.15) is 4.31 Å². The van der Waals surface area contributed by atoms with Crippen LogP contribution >= 0.6 is 11.8 Å². The highest BCUT2D eigenvalue weighted by Gasteiger charge is 2.27. The van der Waals surface area contributed by atoms with Crippen molar-refractivity contribution in [3.05, 3.63) is 42.4 Å². The predicted molar refractivity (Wildman–Crippen MR) is 106 cm³/mol. The molecule has 1 aliphatic heterocycles. The van der Waals surface area contributed by atoms with Crippen LogP contribution in [0.1, 0.15) is 32.4 Å². The van der Waals surface area contributed by atoms with Gasteiger partial charge < -0.3 is 9.73 Å². The number of sulfonamides is 1. The van der Waals surface area contributed by atoms with E-state index >= 15 is 0 Å². The van der Waals surface area contributed by atoms with E-state index in [-0.39, 0.29) is 23.3 Å². The highest BCUT2D eigenvalue weighted by Crippen LogP contribution is 2.35. The zero-order valence-electron chi connectivity index (χ0n) is 15.5. The number of amides is 1. The van der Waals surface area contributed by atoms with Crippen molar-refractivity contribution < 1.29 is 17.6 Å². The molecule has 0 spiro atoms. The van der Waals surface area contributed by atoms with Gasteiger partial charge in [0, 0.05) is 23.1 Å². The number of nitrogens with zero attached hydrogens (tertiary/aromatic N) is 1. The summed E-state index contributed by atoms with van der Waals surface area (Å²) in [4.78, 5) is 13.2. The summed E-state index contributed by atoms with van der Waals surface area (Å²) in [5.41, 5.74) is 0.559. The van der Waals surface area contributed by atoms with Crippen LogP contribution in [0.15, 0.2) is 50.8 Å². The number of fused-ring (bicyclic) bond motifs is 1. The first-order chi connectivity index (χ1) is 12.9. The second-order valence-electron chi connectivity index (χ2n) is 6.63. The topological polar surface area (TPSA) is 79.6 Å². The molecule has 27 heavy (non-hydrogen) atoms. The van der Waals surface area contributed by atoms with Crippen LogP contribution in [0.25, 0.3) is 0 Å². The lowest BCUT2D eigenvalue weighted by molar-refractivity contribution is -0.118. The molecule has 0 saturated heterocycles. The van der Waals surface area contributed by atoms with Crippen molar-refractivity contribution in [1.29, 1.82) is 0 Å². The summed E-state index contributed by atoms with van der Waals surface area (Å²) < 4.78 is 33.3. The zero-order chi connectivity index (χ0) is 19.4. The van der Waals surface area contributed by atoms with Crippen molar-refractivity contribution in [2.24, 2.45) is 5.92 Å². The van der Waals surface area contributed by atoms with Crippen molar-refractivity contribution in [2.45, 2.75) is 43.0 Å². The molecule has 2 aromatic rings. The molecule has 0 unspecified atom stereocenters. The number of unbranched alkanes of at least 4 members (excludes halogenated alkanes) is 1. The number of rotatable bonds is 7. The van der Waals surface area contributed by atoms with E-state index in [0.717, 1.165) is 17.7 Å². The molecular formula is C19H24N2O4S2. The molecule has 3 rings (SSSR count). The molecule has 0 saturated carbocycles. The third kappa shape index (κ3) is 4.56. The van der Waals surface area contributed by atoms with Crippen molar-refractivity contribution in [3.8, 4) is 0 Å². The molecule has 0 bridgehead atoms. The molecule has 0 aliphatic carbocycles. The normalized spacial score (nSPS) is 17.4. The van der Waals surface area contributed by atoms with E-state index in [9.17, 15) is 13.2 Å². The van der Waals surface area contributed by atoms with E-state index in [1.54, 1.807) is 42.1 Å². The van der Waals surface area contributed by atoms with Crippen LogP contribution in [0.4, 0.5) is 5.69 Å². The molecule has 1 aromatic heterocycles. The second-order valence-corrected chi connectivity index (χ2v) is 9.63. The Kier molecular flexibility index (Phi) is 6.29. The van der Waals surface area contributed by atoms with Gasteiger partial charge in [-0.3, -0.25) is 4.79 Å². The van der Waals surface area contributed by atoms with Crippen LogP contribution in [0, 0.1) is 5.92 Å². The molecule has 6 nitrogen and oxygen atoms in total. The first-order valence-corrected chi connectivity index (χ1v) is 11.4. The molecule has 1 aliphatic rings. The van der Waals surface area contributed by atoms with Crippen LogP contribution in [0.5, 0.6) is 0 Å². The third-order valence-corrected chi connectivity index (χ3v) is 7.63. The highest BCUT2D eigenvalue weighted by molar-refractivity contribution is 7.99. The first kappa shape index (κ1) is 20.0. The second kappa shape index (κ2) is 8.50. The van der Waals surface area contributed by atoms with Crippen LogP contribution in [-0.4, -0.2) is 30.9 Å². The molecule has 1 amide bonds. The lowest BCUT2D eigenvalue weighted by atomic mass is 10.2. The molecule has 8 heteroatoms. The minimum Gasteiger partial charge on any atom is -0.468 e. The quantitative estimate of drug-likeness (QED) is 0.750. The first-order valence-electron chi connectivity index (χ1n) is 9.02. The molecule has 1 N–H and O–H groups in total. The Morgan fingerprint density at radius 1 is 1.33 bits per heavy atom. The van der Waals surface area contributed by atoms with Gasteiger partial charge in [-0.05, 0) is 36.8 Å². The van der Waals surface area contributed by atoms with Crippen LogP contribution < -0.4 is 5.32 Å². The number of carbonyl (C=O) groups excluding carboxylic acids is 1. The largest absolute Gasteiger partial charge is 0.468 e. The zero-order valence-corrected chi connectivity index (χ0v) is 17.1. The number of hydrogen-bond acceptors (Lipinski definition) is 5. The van der Waals surface area contributed by atoms with Crippen molar-refractivity contribution in [1.82, 2.24) is 4.31 Å². The van der Waals surface area contributed by atoms with Gasteiger partial charge in [-0.15, -0.1) is 11.8 Å². The van der Waals surface area contributed by atoms with Gasteiger partial charge >= 0.3 is 0 Å². The van der Waals surface area contributed by atoms with Crippen LogP contribution in [0.3, 0.4) is 0 Å². The summed E-state index contributed by atoms with van der Waals surface area (Å²) in [6.45, 7) is 4.48. The summed E-state index contributed by atoms with van der Waals surface area (Å²) in [6, 6.07) is 8.47. The van der Waals surface area contributed by atoms with E-state index < -0.39 is 10.0 Å². The third-order valence-electron chi connectivity index (χ3n) is 4.46. The van der Waals surface area contributed by atoms with Crippen LogP contribution in [-0.2, 0) is 21.4 Å². The predicted octanol–water partition coefficient (Wildman–Crippen LogP) is 3.95. The summed E-state index contributed by atoms with van der Waals surface area (Å²) in [5, 5.41) is 2.85. The number of nitrogens with one attached hydrogen (secondary N) is 1. The van der Waals surface area contributed by atoms with Crippen molar-refractivity contribution in [2.75, 3.05) is 17.6 Å². The Morgan fingerprint density at radius 3 is 2.85 bits per heavy atom. The fraction of sp³-hybridized carbons (Fsp3) is 0.421. The minimum absolute atomic E-state index is 0.0887. The Hall–Kier alpha value is -1.77. The number of carbonyl (C=O) groups is 1. The SMILES string of the molecule is CCCCN(Cc1ccco1)S(=O)(=O)c1ccc2c(c1)NC(=O)[C@@H](C)CS2. The van der Waals surface area contributed by atoms with Gasteiger partial charge in [-0.25, -0.2) is 8.42 Å². The Bertz CT molecular complexity index is 894. The fourth-order valence-electron chi connectivity index (χ4n) is 2.78. The number of anilines is 1. The molecule has 1 aromatic carbocycles. The molecule has 1 atom stereocenters. The number of furan rings is 1. The number of thioether (sulfide) groups is 1. The molecular weight excluding hydrogens is 384 g/mol. The maximum absolute atomic E-state index is 13.2. The van der Waals surface area contributed by atoms with Gasteiger partial charge in [0.2, 0.25) is 15.9 Å². The average Bonchev–Trinajstić information content (AvgIpc) is 3.11. The van der Waals surface area contributed by atoms with Gasteiger partial charge in [0.25, 0.3) is 0 Å². The smallest absolute Gasteiger partial charge is 0.243 e. The van der Waals surface area contributed by atoms with Crippen molar-refractivity contribution >= 4 is 33.4 Å². The van der Waals surface area contributed by atoms with E-state index in [2.05, 4.69) is 5.32 Å². The Morgan fingerprint density at radius 2 is 2.15 bits per heavy atom. The molecule has 2 heterocycles.